The zero-order valence-corrected chi connectivity index (χ0v) is 9.84. The van der Waals surface area contributed by atoms with Crippen LogP contribution in [0, 0.1) is 0 Å². The highest BCUT2D eigenvalue weighted by Gasteiger charge is 2.40. The Labute approximate surface area is 100 Å². The Bertz CT molecular complexity index is 410. The summed E-state index contributed by atoms with van der Waals surface area (Å²) in [6.45, 7) is 0.793. The molecular formula is C12H17N3O2. The van der Waals surface area contributed by atoms with E-state index in [0.29, 0.717) is 11.7 Å². The Morgan fingerprint density at radius 3 is 3.00 bits per heavy atom. The number of nitrogens with zero attached hydrogens (tertiary/aromatic N) is 3. The van der Waals surface area contributed by atoms with Gasteiger partial charge < -0.3 is 4.74 Å². The predicted molar refractivity (Wildman–Crippen MR) is 60.8 cm³/mol. The van der Waals surface area contributed by atoms with Gasteiger partial charge in [0.2, 0.25) is 0 Å². The van der Waals surface area contributed by atoms with Crippen molar-refractivity contribution >= 4 is 6.29 Å². The van der Waals surface area contributed by atoms with Crippen LogP contribution < -0.4 is 0 Å². The fraction of sp³-hybridized carbons (Fsp3) is 0.750. The van der Waals surface area contributed by atoms with E-state index in [0.717, 1.165) is 25.7 Å². The van der Waals surface area contributed by atoms with Gasteiger partial charge in [-0.1, -0.05) is 18.1 Å². The molecule has 1 saturated heterocycles. The van der Waals surface area contributed by atoms with Crippen molar-refractivity contribution in [1.29, 1.82) is 0 Å². The van der Waals surface area contributed by atoms with Gasteiger partial charge in [-0.2, -0.15) is 0 Å². The van der Waals surface area contributed by atoms with Crippen LogP contribution in [0.4, 0.5) is 0 Å². The van der Waals surface area contributed by atoms with Gasteiger partial charge in [0.1, 0.15) is 5.69 Å². The number of rotatable bonds is 2. The molecule has 1 aliphatic carbocycles. The molecule has 2 fully saturated rings. The minimum atomic E-state index is 0.0796. The van der Waals surface area contributed by atoms with Gasteiger partial charge in [0.05, 0.1) is 17.8 Å². The maximum Gasteiger partial charge on any atom is 0.171 e. The first-order valence-electron chi connectivity index (χ1n) is 6.32. The fourth-order valence-corrected chi connectivity index (χ4v) is 3.12. The van der Waals surface area contributed by atoms with Gasteiger partial charge >= 0.3 is 0 Å². The smallest absolute Gasteiger partial charge is 0.171 e. The van der Waals surface area contributed by atoms with E-state index in [4.69, 9.17) is 4.74 Å². The van der Waals surface area contributed by atoms with E-state index >= 15 is 0 Å². The summed E-state index contributed by atoms with van der Waals surface area (Å²) in [4.78, 5) is 10.6. The molecule has 1 spiro atoms. The number of hydrogen-bond donors (Lipinski definition) is 0. The van der Waals surface area contributed by atoms with Gasteiger partial charge in [-0.15, -0.1) is 5.10 Å². The lowest BCUT2D eigenvalue weighted by molar-refractivity contribution is -0.0911. The van der Waals surface area contributed by atoms with E-state index in [1.54, 1.807) is 6.20 Å². The van der Waals surface area contributed by atoms with Gasteiger partial charge in [0.15, 0.2) is 6.29 Å². The van der Waals surface area contributed by atoms with Crippen LogP contribution in [0.5, 0.6) is 0 Å². The molecule has 0 aromatic carbocycles. The molecule has 3 rings (SSSR count). The average Bonchev–Trinajstić information content (AvgIpc) is 2.99. The molecule has 1 unspecified atom stereocenters. The average molecular weight is 235 g/mol. The van der Waals surface area contributed by atoms with Crippen LogP contribution in [0.3, 0.4) is 0 Å². The van der Waals surface area contributed by atoms with Gasteiger partial charge in [0.25, 0.3) is 0 Å². The molecule has 1 aromatic rings. The van der Waals surface area contributed by atoms with E-state index in [1.165, 1.54) is 25.7 Å². The van der Waals surface area contributed by atoms with Crippen LogP contribution in [0.1, 0.15) is 55.1 Å². The Hall–Kier alpha value is -1.23. The summed E-state index contributed by atoms with van der Waals surface area (Å²) >= 11 is 0. The van der Waals surface area contributed by atoms with Crippen LogP contribution >= 0.6 is 0 Å². The molecule has 2 heterocycles. The van der Waals surface area contributed by atoms with Crippen molar-refractivity contribution in [3.05, 3.63) is 11.9 Å². The summed E-state index contributed by atoms with van der Waals surface area (Å²) in [7, 11) is 0. The lowest BCUT2D eigenvalue weighted by Crippen LogP contribution is -2.38. The maximum absolute atomic E-state index is 10.6. The summed E-state index contributed by atoms with van der Waals surface area (Å²) in [6, 6.07) is 0.336. The fourth-order valence-electron chi connectivity index (χ4n) is 3.12. The monoisotopic (exact) mass is 235 g/mol. The molecule has 1 atom stereocenters. The molecule has 0 radical (unpaired) electrons. The first-order valence-corrected chi connectivity index (χ1v) is 6.32. The third kappa shape index (κ3) is 1.99. The number of aromatic nitrogens is 3. The molecule has 2 aliphatic rings. The van der Waals surface area contributed by atoms with Crippen LogP contribution in [-0.4, -0.2) is 33.5 Å². The second-order valence-electron chi connectivity index (χ2n) is 5.13. The molecule has 92 valence electrons. The zero-order chi connectivity index (χ0) is 11.7. The molecule has 0 amide bonds. The van der Waals surface area contributed by atoms with E-state index < -0.39 is 0 Å². The quantitative estimate of drug-likeness (QED) is 0.733. The standard InChI is InChI=1S/C12H17N3O2/c16-9-10-8-15(14-13-10)11-3-6-17-12(7-11)4-1-2-5-12/h8-9,11H,1-7H2. The van der Waals surface area contributed by atoms with Gasteiger partial charge in [-0.25, -0.2) is 4.68 Å². The SMILES string of the molecule is O=Cc1cn(C2CCOC3(CCCC3)C2)nn1. The van der Waals surface area contributed by atoms with Crippen molar-refractivity contribution in [3.63, 3.8) is 0 Å². The molecule has 1 saturated carbocycles. The van der Waals surface area contributed by atoms with E-state index in [2.05, 4.69) is 10.3 Å². The van der Waals surface area contributed by atoms with Crippen LogP contribution in [-0.2, 0) is 4.74 Å². The lowest BCUT2D eigenvalue weighted by atomic mass is 9.89. The Morgan fingerprint density at radius 2 is 2.29 bits per heavy atom. The highest BCUT2D eigenvalue weighted by molar-refractivity contribution is 5.70. The first kappa shape index (κ1) is 10.9. The third-order valence-corrected chi connectivity index (χ3v) is 4.00. The second-order valence-corrected chi connectivity index (χ2v) is 5.13. The van der Waals surface area contributed by atoms with Gasteiger partial charge in [-0.05, 0) is 25.7 Å². The highest BCUT2D eigenvalue weighted by Crippen LogP contribution is 2.43. The topological polar surface area (TPSA) is 57.0 Å². The molecule has 5 heteroatoms. The van der Waals surface area contributed by atoms with Crippen LogP contribution in [0.2, 0.25) is 0 Å². The predicted octanol–water partition coefficient (Wildman–Crippen LogP) is 1.75. The molecule has 5 nitrogen and oxygen atoms in total. The first-order chi connectivity index (χ1) is 8.31. The van der Waals surface area contributed by atoms with E-state index in [-0.39, 0.29) is 5.60 Å². The minimum absolute atomic E-state index is 0.0796. The van der Waals surface area contributed by atoms with Crippen molar-refractivity contribution in [2.45, 2.75) is 50.2 Å². The molecular weight excluding hydrogens is 218 g/mol. The number of carbonyl (C=O) groups excluding carboxylic acids is 1. The third-order valence-electron chi connectivity index (χ3n) is 4.00. The molecule has 1 aliphatic heterocycles. The summed E-state index contributed by atoms with van der Waals surface area (Å²) in [6.07, 6.45) is 9.32. The van der Waals surface area contributed by atoms with E-state index in [9.17, 15) is 4.79 Å². The lowest BCUT2D eigenvalue weighted by Gasteiger charge is -2.38. The van der Waals surface area contributed by atoms with Crippen molar-refractivity contribution < 1.29 is 9.53 Å². The van der Waals surface area contributed by atoms with Crippen LogP contribution in [0.25, 0.3) is 0 Å². The molecule has 1 aromatic heterocycles. The minimum Gasteiger partial charge on any atom is -0.375 e. The van der Waals surface area contributed by atoms with Crippen molar-refractivity contribution in [3.8, 4) is 0 Å². The highest BCUT2D eigenvalue weighted by atomic mass is 16.5. The van der Waals surface area contributed by atoms with Crippen molar-refractivity contribution in [1.82, 2.24) is 15.0 Å². The number of carbonyl (C=O) groups is 1. The summed E-state index contributed by atoms with van der Waals surface area (Å²) in [5.41, 5.74) is 0.493. The number of ether oxygens (including phenoxy) is 1. The van der Waals surface area contributed by atoms with Crippen LogP contribution in [0.15, 0.2) is 6.20 Å². The van der Waals surface area contributed by atoms with Crippen molar-refractivity contribution in [2.75, 3.05) is 6.61 Å². The van der Waals surface area contributed by atoms with E-state index in [1.807, 2.05) is 4.68 Å². The van der Waals surface area contributed by atoms with Gasteiger partial charge in [0, 0.05) is 6.61 Å². The summed E-state index contributed by atoms with van der Waals surface area (Å²) < 4.78 is 7.82. The Morgan fingerprint density at radius 1 is 1.47 bits per heavy atom. The summed E-state index contributed by atoms with van der Waals surface area (Å²) in [5.74, 6) is 0. The normalized spacial score (nSPS) is 27.4. The second kappa shape index (κ2) is 4.22. The molecule has 0 N–H and O–H groups in total. The van der Waals surface area contributed by atoms with Crippen molar-refractivity contribution in [2.24, 2.45) is 0 Å². The number of hydrogen-bond acceptors (Lipinski definition) is 4. The summed E-state index contributed by atoms with van der Waals surface area (Å²) in [5, 5.41) is 7.87. The molecule has 17 heavy (non-hydrogen) atoms. The molecule has 0 bridgehead atoms. The maximum atomic E-state index is 10.6. The van der Waals surface area contributed by atoms with Gasteiger partial charge in [-0.3, -0.25) is 4.79 Å². The Kier molecular flexibility index (Phi) is 2.70. The largest absolute Gasteiger partial charge is 0.375 e. The Balaban J connectivity index is 1.77. The number of aldehydes is 1. The zero-order valence-electron chi connectivity index (χ0n) is 9.84.